The zero-order chi connectivity index (χ0) is 16.8. The van der Waals surface area contributed by atoms with Crippen molar-refractivity contribution >= 4 is 17.6 Å². The number of carbonyl (C=O) groups excluding carboxylic acids is 2. The lowest BCUT2D eigenvalue weighted by molar-refractivity contribution is -0.144. The Hall–Kier alpha value is -2.08. The van der Waals surface area contributed by atoms with Gasteiger partial charge >= 0.3 is 5.97 Å². The molecular formula is C17H25N3O3. The summed E-state index contributed by atoms with van der Waals surface area (Å²) in [5.41, 5.74) is 2.18. The summed E-state index contributed by atoms with van der Waals surface area (Å²) < 4.78 is 4.75. The Balaban J connectivity index is 2.00. The summed E-state index contributed by atoms with van der Waals surface area (Å²) in [6, 6.07) is 7.51. The van der Waals surface area contributed by atoms with E-state index < -0.39 is 12.0 Å². The molecule has 1 aromatic rings. The molecule has 1 aliphatic heterocycles. The number of nitrogens with zero attached hydrogens (tertiary/aromatic N) is 2. The number of methoxy groups -OCH3 is 1. The summed E-state index contributed by atoms with van der Waals surface area (Å²) >= 11 is 0. The summed E-state index contributed by atoms with van der Waals surface area (Å²) in [7, 11) is 3.46. The lowest BCUT2D eigenvalue weighted by Gasteiger charge is -2.34. The molecule has 1 saturated heterocycles. The molecule has 23 heavy (non-hydrogen) atoms. The summed E-state index contributed by atoms with van der Waals surface area (Å²) in [6.45, 7) is 5.56. The Kier molecular flexibility index (Phi) is 5.98. The minimum Gasteiger partial charge on any atom is -0.467 e. The van der Waals surface area contributed by atoms with Crippen LogP contribution < -0.4 is 10.2 Å². The molecule has 1 fully saturated rings. The Morgan fingerprint density at radius 1 is 1.17 bits per heavy atom. The number of rotatable bonds is 5. The van der Waals surface area contributed by atoms with Crippen molar-refractivity contribution < 1.29 is 14.3 Å². The quantitative estimate of drug-likeness (QED) is 0.808. The molecule has 1 N–H and O–H groups in total. The molecule has 1 atom stereocenters. The maximum atomic E-state index is 11.7. The maximum absolute atomic E-state index is 11.7. The second kappa shape index (κ2) is 7.97. The third kappa shape index (κ3) is 4.96. The predicted molar refractivity (Wildman–Crippen MR) is 89.5 cm³/mol. The summed E-state index contributed by atoms with van der Waals surface area (Å²) in [5, 5.41) is 2.63. The third-order valence-electron chi connectivity index (χ3n) is 4.11. The molecule has 1 unspecified atom stereocenters. The fourth-order valence-corrected chi connectivity index (χ4v) is 2.72. The van der Waals surface area contributed by atoms with Gasteiger partial charge in [-0.1, -0.05) is 12.1 Å². The second-order valence-electron chi connectivity index (χ2n) is 5.94. The van der Waals surface area contributed by atoms with Gasteiger partial charge in [0.05, 0.1) is 7.11 Å². The number of benzene rings is 1. The molecule has 0 aromatic heterocycles. The Morgan fingerprint density at radius 2 is 1.78 bits per heavy atom. The summed E-state index contributed by atoms with van der Waals surface area (Å²) in [6.07, 6.45) is 0.426. The van der Waals surface area contributed by atoms with E-state index in [2.05, 4.69) is 34.3 Å². The van der Waals surface area contributed by atoms with Crippen molar-refractivity contribution in [3.8, 4) is 0 Å². The first-order chi connectivity index (χ1) is 11.0. The molecule has 1 amide bonds. The van der Waals surface area contributed by atoms with Crippen molar-refractivity contribution in [2.75, 3.05) is 45.2 Å². The molecule has 1 aromatic carbocycles. The molecular weight excluding hydrogens is 294 g/mol. The SMILES string of the molecule is COC(=O)C(Cc1ccc(N2CCN(C)CC2)cc1)NC(C)=O. The number of amides is 1. The van der Waals surface area contributed by atoms with Crippen LogP contribution in [0.2, 0.25) is 0 Å². The van der Waals surface area contributed by atoms with Gasteiger partial charge in [0, 0.05) is 45.2 Å². The van der Waals surface area contributed by atoms with E-state index in [1.807, 2.05) is 12.1 Å². The zero-order valence-corrected chi connectivity index (χ0v) is 14.0. The van der Waals surface area contributed by atoms with Crippen molar-refractivity contribution in [2.24, 2.45) is 0 Å². The number of carbonyl (C=O) groups is 2. The molecule has 0 aliphatic carbocycles. The number of hydrogen-bond donors (Lipinski definition) is 1. The summed E-state index contributed by atoms with van der Waals surface area (Å²) in [5.74, 6) is -0.669. The highest BCUT2D eigenvalue weighted by molar-refractivity contribution is 5.83. The predicted octanol–water partition coefficient (Wildman–Crippen LogP) is 0.659. The lowest BCUT2D eigenvalue weighted by Crippen LogP contribution is -2.44. The molecule has 0 saturated carbocycles. The largest absolute Gasteiger partial charge is 0.467 e. The maximum Gasteiger partial charge on any atom is 0.328 e. The van der Waals surface area contributed by atoms with E-state index in [0.29, 0.717) is 6.42 Å². The number of likely N-dealkylation sites (N-methyl/N-ethyl adjacent to an activating group) is 1. The standard InChI is InChI=1S/C17H25N3O3/c1-13(21)18-16(17(22)23-3)12-14-4-6-15(7-5-14)20-10-8-19(2)9-11-20/h4-7,16H,8-12H2,1-3H3,(H,18,21). The van der Waals surface area contributed by atoms with Gasteiger partial charge in [-0.25, -0.2) is 4.79 Å². The van der Waals surface area contributed by atoms with Gasteiger partial charge < -0.3 is 19.9 Å². The van der Waals surface area contributed by atoms with E-state index in [1.165, 1.54) is 19.7 Å². The Labute approximate surface area is 137 Å². The Bertz CT molecular complexity index is 537. The minimum absolute atomic E-state index is 0.241. The van der Waals surface area contributed by atoms with Gasteiger partial charge in [-0.15, -0.1) is 0 Å². The van der Waals surface area contributed by atoms with E-state index in [4.69, 9.17) is 4.74 Å². The number of nitrogens with one attached hydrogen (secondary N) is 1. The van der Waals surface area contributed by atoms with E-state index in [-0.39, 0.29) is 5.91 Å². The fourth-order valence-electron chi connectivity index (χ4n) is 2.72. The molecule has 6 nitrogen and oxygen atoms in total. The average molecular weight is 319 g/mol. The number of anilines is 1. The van der Waals surface area contributed by atoms with Crippen LogP contribution >= 0.6 is 0 Å². The van der Waals surface area contributed by atoms with Gasteiger partial charge in [0.2, 0.25) is 5.91 Å². The molecule has 0 spiro atoms. The highest BCUT2D eigenvalue weighted by atomic mass is 16.5. The summed E-state index contributed by atoms with van der Waals surface area (Å²) in [4.78, 5) is 27.6. The smallest absolute Gasteiger partial charge is 0.328 e. The molecule has 1 aliphatic rings. The van der Waals surface area contributed by atoms with Crippen molar-refractivity contribution in [3.63, 3.8) is 0 Å². The van der Waals surface area contributed by atoms with Crippen LogP contribution in [0.4, 0.5) is 5.69 Å². The van der Waals surface area contributed by atoms with E-state index in [1.54, 1.807) is 0 Å². The fraction of sp³-hybridized carbons (Fsp3) is 0.529. The van der Waals surface area contributed by atoms with Gasteiger partial charge in [0.25, 0.3) is 0 Å². The number of ether oxygens (including phenoxy) is 1. The van der Waals surface area contributed by atoms with Gasteiger partial charge in [-0.2, -0.15) is 0 Å². The van der Waals surface area contributed by atoms with E-state index >= 15 is 0 Å². The molecule has 1 heterocycles. The normalized spacial score (nSPS) is 16.7. The van der Waals surface area contributed by atoms with Gasteiger partial charge in [0.15, 0.2) is 0 Å². The first kappa shape index (κ1) is 17.3. The average Bonchev–Trinajstić information content (AvgIpc) is 2.54. The van der Waals surface area contributed by atoms with Crippen LogP contribution in [-0.4, -0.2) is 63.2 Å². The van der Waals surface area contributed by atoms with Crippen LogP contribution in [0.25, 0.3) is 0 Å². The highest BCUT2D eigenvalue weighted by Gasteiger charge is 2.21. The van der Waals surface area contributed by atoms with Crippen LogP contribution in [0.3, 0.4) is 0 Å². The monoisotopic (exact) mass is 319 g/mol. The molecule has 0 radical (unpaired) electrons. The van der Waals surface area contributed by atoms with Crippen molar-refractivity contribution in [1.82, 2.24) is 10.2 Å². The number of esters is 1. The lowest BCUT2D eigenvalue weighted by atomic mass is 10.0. The zero-order valence-electron chi connectivity index (χ0n) is 14.0. The van der Waals surface area contributed by atoms with E-state index in [9.17, 15) is 9.59 Å². The van der Waals surface area contributed by atoms with Crippen LogP contribution in [-0.2, 0) is 20.7 Å². The van der Waals surface area contributed by atoms with Crippen molar-refractivity contribution in [3.05, 3.63) is 29.8 Å². The van der Waals surface area contributed by atoms with Gasteiger partial charge in [-0.05, 0) is 24.7 Å². The Morgan fingerprint density at radius 3 is 2.30 bits per heavy atom. The minimum atomic E-state index is -0.646. The third-order valence-corrected chi connectivity index (χ3v) is 4.11. The number of hydrogen-bond acceptors (Lipinski definition) is 5. The van der Waals surface area contributed by atoms with Crippen LogP contribution in [0.1, 0.15) is 12.5 Å². The first-order valence-electron chi connectivity index (χ1n) is 7.87. The topological polar surface area (TPSA) is 61.9 Å². The van der Waals surface area contributed by atoms with Gasteiger partial charge in [0.1, 0.15) is 6.04 Å². The molecule has 126 valence electrons. The van der Waals surface area contributed by atoms with Crippen LogP contribution in [0.5, 0.6) is 0 Å². The molecule has 0 bridgehead atoms. The van der Waals surface area contributed by atoms with Crippen molar-refractivity contribution in [1.29, 1.82) is 0 Å². The van der Waals surface area contributed by atoms with Crippen LogP contribution in [0.15, 0.2) is 24.3 Å². The van der Waals surface area contributed by atoms with E-state index in [0.717, 1.165) is 31.7 Å². The van der Waals surface area contributed by atoms with Gasteiger partial charge in [-0.3, -0.25) is 4.79 Å². The molecule has 6 heteroatoms. The highest BCUT2D eigenvalue weighted by Crippen LogP contribution is 2.18. The number of piperazine rings is 1. The van der Waals surface area contributed by atoms with Crippen molar-refractivity contribution in [2.45, 2.75) is 19.4 Å². The second-order valence-corrected chi connectivity index (χ2v) is 5.94. The first-order valence-corrected chi connectivity index (χ1v) is 7.87. The molecule has 2 rings (SSSR count). The van der Waals surface area contributed by atoms with Crippen LogP contribution in [0, 0.1) is 0 Å².